The average molecular weight is 401 g/mol. The molecule has 0 aromatic carbocycles. The van der Waals surface area contributed by atoms with Gasteiger partial charge in [0.2, 0.25) is 17.7 Å². The number of nitrogens with one attached hydrogen (secondary N) is 2. The van der Waals surface area contributed by atoms with Crippen molar-refractivity contribution in [3.63, 3.8) is 0 Å². The highest BCUT2D eigenvalue weighted by Gasteiger charge is 2.37. The Balaban J connectivity index is 2.77. The number of hydrogen-bond acceptors (Lipinski definition) is 7. The summed E-state index contributed by atoms with van der Waals surface area (Å²) in [5, 5.41) is 24.0. The Hall–Kier alpha value is -2.24. The first-order valence-corrected chi connectivity index (χ1v) is 9.44. The molecule has 4 atom stereocenters. The van der Waals surface area contributed by atoms with Crippen LogP contribution in [0.2, 0.25) is 0 Å². The second kappa shape index (κ2) is 11.6. The van der Waals surface area contributed by atoms with Gasteiger partial charge in [0.15, 0.2) is 0 Å². The van der Waals surface area contributed by atoms with Crippen molar-refractivity contribution in [1.82, 2.24) is 15.5 Å². The average Bonchev–Trinajstić information content (AvgIpc) is 3.13. The van der Waals surface area contributed by atoms with Gasteiger partial charge in [0, 0.05) is 6.54 Å². The predicted molar refractivity (Wildman–Crippen MR) is 99.9 cm³/mol. The first-order valence-electron chi connectivity index (χ1n) is 9.44. The summed E-state index contributed by atoms with van der Waals surface area (Å²) >= 11 is 0. The van der Waals surface area contributed by atoms with Gasteiger partial charge < -0.3 is 37.2 Å². The fraction of sp³-hybridized carbons (Fsp3) is 0.765. The van der Waals surface area contributed by atoms with E-state index in [1.165, 1.54) is 11.8 Å². The van der Waals surface area contributed by atoms with Crippen LogP contribution in [0.4, 0.5) is 0 Å². The van der Waals surface area contributed by atoms with E-state index in [0.29, 0.717) is 38.8 Å². The van der Waals surface area contributed by atoms with Crippen LogP contribution in [0.1, 0.15) is 39.0 Å². The summed E-state index contributed by atoms with van der Waals surface area (Å²) in [4.78, 5) is 49.6. The van der Waals surface area contributed by atoms with E-state index < -0.39 is 42.0 Å². The van der Waals surface area contributed by atoms with Crippen LogP contribution >= 0.6 is 0 Å². The molecule has 8 N–H and O–H groups in total. The van der Waals surface area contributed by atoms with Gasteiger partial charge in [0.25, 0.3) is 0 Å². The smallest absolute Gasteiger partial charge is 0.326 e. The Morgan fingerprint density at radius 2 is 1.86 bits per heavy atom. The maximum absolute atomic E-state index is 12.6. The normalized spacial score (nSPS) is 19.6. The van der Waals surface area contributed by atoms with Crippen molar-refractivity contribution in [3.8, 4) is 0 Å². The summed E-state index contributed by atoms with van der Waals surface area (Å²) in [5.74, 6) is -2.98. The van der Waals surface area contributed by atoms with E-state index in [0.717, 1.165) is 0 Å². The molecule has 1 aliphatic heterocycles. The number of carbonyl (C=O) groups is 4. The minimum absolute atomic E-state index is 0.181. The van der Waals surface area contributed by atoms with Gasteiger partial charge in [-0.25, -0.2) is 4.79 Å². The molecule has 1 saturated heterocycles. The molecule has 3 amide bonds. The van der Waals surface area contributed by atoms with Crippen molar-refractivity contribution >= 4 is 23.7 Å². The van der Waals surface area contributed by atoms with Crippen LogP contribution in [-0.2, 0) is 19.2 Å². The highest BCUT2D eigenvalue weighted by molar-refractivity contribution is 5.94. The third kappa shape index (κ3) is 6.73. The number of rotatable bonds is 11. The fourth-order valence-electron chi connectivity index (χ4n) is 3.12. The van der Waals surface area contributed by atoms with Gasteiger partial charge >= 0.3 is 5.97 Å². The van der Waals surface area contributed by atoms with Gasteiger partial charge in [0.1, 0.15) is 18.1 Å². The standard InChI is InChI=1S/C17H31N5O6/c1-10(23)14(16(26)20-11(17(27)28)5-2-3-7-18)21-15(25)12-6-4-8-22(12)13(24)9-19/h10-12,14,23H,2-9,18-19H2,1H3,(H,20,26)(H,21,25)(H,27,28). The number of unbranched alkanes of at least 4 members (excludes halogenated alkanes) is 1. The fourth-order valence-corrected chi connectivity index (χ4v) is 3.12. The van der Waals surface area contributed by atoms with Crippen molar-refractivity contribution in [2.75, 3.05) is 19.6 Å². The SMILES string of the molecule is CC(O)C(NC(=O)C1CCCN1C(=O)CN)C(=O)NC(CCCCN)C(=O)O. The molecule has 1 rings (SSSR count). The minimum Gasteiger partial charge on any atom is -0.480 e. The van der Waals surface area contributed by atoms with Crippen molar-refractivity contribution in [2.45, 2.75) is 63.3 Å². The van der Waals surface area contributed by atoms with Crippen LogP contribution < -0.4 is 22.1 Å². The molecule has 0 saturated carbocycles. The molecular formula is C17H31N5O6. The first kappa shape index (κ1) is 23.8. The van der Waals surface area contributed by atoms with Gasteiger partial charge in [-0.1, -0.05) is 0 Å². The Labute approximate surface area is 163 Å². The third-order valence-electron chi connectivity index (χ3n) is 4.67. The van der Waals surface area contributed by atoms with Gasteiger partial charge in [0.05, 0.1) is 12.6 Å². The number of likely N-dealkylation sites (tertiary alicyclic amines) is 1. The number of nitrogens with zero attached hydrogens (tertiary/aromatic N) is 1. The molecule has 1 heterocycles. The largest absolute Gasteiger partial charge is 0.480 e. The molecule has 1 fully saturated rings. The summed E-state index contributed by atoms with van der Waals surface area (Å²) in [5.41, 5.74) is 10.7. The molecule has 160 valence electrons. The molecule has 0 aromatic heterocycles. The van der Waals surface area contributed by atoms with Crippen molar-refractivity contribution in [3.05, 3.63) is 0 Å². The highest BCUT2D eigenvalue weighted by Crippen LogP contribution is 2.17. The zero-order chi connectivity index (χ0) is 21.3. The zero-order valence-corrected chi connectivity index (χ0v) is 16.1. The number of carboxylic acids is 1. The quantitative estimate of drug-likeness (QED) is 0.205. The Morgan fingerprint density at radius 3 is 2.39 bits per heavy atom. The van der Waals surface area contributed by atoms with E-state index in [1.54, 1.807) is 0 Å². The number of amides is 3. The highest BCUT2D eigenvalue weighted by atomic mass is 16.4. The molecule has 0 aromatic rings. The van der Waals surface area contributed by atoms with Crippen LogP contribution in [0.25, 0.3) is 0 Å². The van der Waals surface area contributed by atoms with Crippen LogP contribution in [0.15, 0.2) is 0 Å². The molecule has 0 bridgehead atoms. The molecule has 4 unspecified atom stereocenters. The van der Waals surface area contributed by atoms with E-state index >= 15 is 0 Å². The first-order chi connectivity index (χ1) is 13.2. The summed E-state index contributed by atoms with van der Waals surface area (Å²) in [6, 6.07) is -3.27. The number of aliphatic hydroxyl groups excluding tert-OH is 1. The second-order valence-electron chi connectivity index (χ2n) is 6.86. The number of hydrogen-bond donors (Lipinski definition) is 6. The van der Waals surface area contributed by atoms with Crippen molar-refractivity contribution in [1.29, 1.82) is 0 Å². The third-order valence-corrected chi connectivity index (χ3v) is 4.67. The molecule has 11 heteroatoms. The molecule has 1 aliphatic rings. The Morgan fingerprint density at radius 1 is 1.18 bits per heavy atom. The van der Waals surface area contributed by atoms with Gasteiger partial charge in [-0.05, 0) is 45.6 Å². The lowest BCUT2D eigenvalue weighted by Gasteiger charge is -2.27. The second-order valence-corrected chi connectivity index (χ2v) is 6.86. The summed E-state index contributed by atoms with van der Waals surface area (Å²) in [6.45, 7) is 1.88. The maximum Gasteiger partial charge on any atom is 0.326 e. The van der Waals surface area contributed by atoms with Crippen molar-refractivity contribution < 1.29 is 29.4 Å². The van der Waals surface area contributed by atoms with E-state index in [4.69, 9.17) is 11.5 Å². The number of aliphatic carboxylic acids is 1. The number of carboxylic acid groups (broad SMARTS) is 1. The number of aliphatic hydroxyl groups is 1. The van der Waals surface area contributed by atoms with Crippen LogP contribution in [0.3, 0.4) is 0 Å². The molecular weight excluding hydrogens is 370 g/mol. The van der Waals surface area contributed by atoms with Crippen LogP contribution in [0.5, 0.6) is 0 Å². The summed E-state index contributed by atoms with van der Waals surface area (Å²) in [7, 11) is 0. The molecule has 0 aliphatic carbocycles. The van der Waals surface area contributed by atoms with Gasteiger partial charge in [-0.15, -0.1) is 0 Å². The van der Waals surface area contributed by atoms with E-state index in [2.05, 4.69) is 10.6 Å². The zero-order valence-electron chi connectivity index (χ0n) is 16.1. The lowest BCUT2D eigenvalue weighted by atomic mass is 10.1. The molecule has 11 nitrogen and oxygen atoms in total. The Kier molecular flexibility index (Phi) is 9.83. The molecule has 0 spiro atoms. The van der Waals surface area contributed by atoms with Gasteiger partial charge in [-0.2, -0.15) is 0 Å². The number of nitrogens with two attached hydrogens (primary N) is 2. The summed E-state index contributed by atoms with van der Waals surface area (Å²) < 4.78 is 0. The lowest BCUT2D eigenvalue weighted by molar-refractivity contribution is -0.143. The predicted octanol–water partition coefficient (Wildman–Crippen LogP) is -2.50. The van der Waals surface area contributed by atoms with E-state index in [9.17, 15) is 29.4 Å². The number of carbonyl (C=O) groups excluding carboxylic acids is 3. The van der Waals surface area contributed by atoms with E-state index in [-0.39, 0.29) is 18.9 Å². The minimum atomic E-state index is -1.35. The monoisotopic (exact) mass is 401 g/mol. The Bertz CT molecular complexity index is 570. The maximum atomic E-state index is 12.6. The molecule has 28 heavy (non-hydrogen) atoms. The van der Waals surface area contributed by atoms with Crippen LogP contribution in [-0.4, -0.2) is 82.7 Å². The van der Waals surface area contributed by atoms with Gasteiger partial charge in [-0.3, -0.25) is 14.4 Å². The topological polar surface area (TPSA) is 188 Å². The van der Waals surface area contributed by atoms with Crippen molar-refractivity contribution in [2.24, 2.45) is 11.5 Å². The molecule has 0 radical (unpaired) electrons. The lowest BCUT2D eigenvalue weighted by Crippen LogP contribution is -2.58. The van der Waals surface area contributed by atoms with E-state index in [1.807, 2.05) is 0 Å². The van der Waals surface area contributed by atoms with Crippen LogP contribution in [0, 0.1) is 0 Å². The summed E-state index contributed by atoms with van der Waals surface area (Å²) in [6.07, 6.45) is 1.09.